The summed E-state index contributed by atoms with van der Waals surface area (Å²) in [5.41, 5.74) is 0.968. The van der Waals surface area contributed by atoms with Crippen LogP contribution < -0.4 is 9.64 Å². The van der Waals surface area contributed by atoms with Crippen molar-refractivity contribution in [2.45, 2.75) is 38.2 Å². The summed E-state index contributed by atoms with van der Waals surface area (Å²) in [4.78, 5) is 25.2. The first-order chi connectivity index (χ1) is 14.4. The number of amides is 1. The van der Waals surface area contributed by atoms with Gasteiger partial charge in [0, 0.05) is 56.0 Å². The van der Waals surface area contributed by atoms with Gasteiger partial charge in [-0.1, -0.05) is 6.07 Å². The van der Waals surface area contributed by atoms with E-state index in [0.29, 0.717) is 26.1 Å². The standard InChI is InChI=1S/C22H26F2N4O2/c1-15-3-4-19(26-13-15)27-9-10-28-18(14-27)11-16(21(28)29)5-7-22(23,24)17-6-8-25-20(12-17)30-2/h3-4,6,8,12-13,16,18H,5,7,9-11,14H2,1-2H3/t16-,18-/m0/s1. The monoisotopic (exact) mass is 416 g/mol. The fraction of sp³-hybridized carbons (Fsp3) is 0.500. The predicted molar refractivity (Wildman–Crippen MR) is 109 cm³/mol. The second-order valence-electron chi connectivity index (χ2n) is 8.09. The number of carbonyl (C=O) groups excluding carboxylic acids is 1. The lowest BCUT2D eigenvalue weighted by molar-refractivity contribution is -0.132. The molecule has 0 aliphatic carbocycles. The minimum atomic E-state index is -3.03. The number of ether oxygens (including phenoxy) is 1. The lowest BCUT2D eigenvalue weighted by Crippen LogP contribution is -2.51. The number of methoxy groups -OCH3 is 1. The van der Waals surface area contributed by atoms with Gasteiger partial charge in [-0.15, -0.1) is 0 Å². The van der Waals surface area contributed by atoms with Crippen LogP contribution in [0.25, 0.3) is 0 Å². The minimum absolute atomic E-state index is 0.000348. The molecule has 0 radical (unpaired) electrons. The van der Waals surface area contributed by atoms with Gasteiger partial charge in [0.2, 0.25) is 11.8 Å². The number of fused-ring (bicyclic) bond motifs is 1. The Morgan fingerprint density at radius 2 is 2.07 bits per heavy atom. The first kappa shape index (κ1) is 20.5. The number of hydrogen-bond acceptors (Lipinski definition) is 5. The fourth-order valence-corrected chi connectivity index (χ4v) is 4.36. The van der Waals surface area contributed by atoms with Gasteiger partial charge in [-0.3, -0.25) is 4.79 Å². The molecular formula is C22H26F2N4O2. The Morgan fingerprint density at radius 3 is 2.80 bits per heavy atom. The minimum Gasteiger partial charge on any atom is -0.481 e. The third-order valence-electron chi connectivity index (χ3n) is 6.06. The Hall–Kier alpha value is -2.77. The summed E-state index contributed by atoms with van der Waals surface area (Å²) in [5, 5.41) is 0. The number of hydrogen-bond donors (Lipinski definition) is 0. The van der Waals surface area contributed by atoms with E-state index in [1.807, 2.05) is 30.2 Å². The van der Waals surface area contributed by atoms with Gasteiger partial charge in [-0.05, 0) is 37.5 Å². The van der Waals surface area contributed by atoms with Crippen LogP contribution in [0.3, 0.4) is 0 Å². The average Bonchev–Trinajstić information content (AvgIpc) is 3.08. The van der Waals surface area contributed by atoms with E-state index >= 15 is 0 Å². The van der Waals surface area contributed by atoms with Gasteiger partial charge < -0.3 is 14.5 Å². The van der Waals surface area contributed by atoms with E-state index in [1.165, 1.54) is 25.4 Å². The number of halogens is 2. The van der Waals surface area contributed by atoms with E-state index in [0.717, 1.165) is 11.4 Å². The predicted octanol–water partition coefficient (Wildman–Crippen LogP) is 3.40. The molecule has 1 amide bonds. The van der Waals surface area contributed by atoms with Crippen molar-refractivity contribution in [1.82, 2.24) is 14.9 Å². The number of carbonyl (C=O) groups is 1. The fourth-order valence-electron chi connectivity index (χ4n) is 4.36. The molecule has 0 aromatic carbocycles. The number of aromatic nitrogens is 2. The Morgan fingerprint density at radius 1 is 1.23 bits per heavy atom. The molecule has 0 spiro atoms. The van der Waals surface area contributed by atoms with Crippen LogP contribution in [-0.2, 0) is 10.7 Å². The topological polar surface area (TPSA) is 58.6 Å². The van der Waals surface area contributed by atoms with Crippen molar-refractivity contribution in [3.63, 3.8) is 0 Å². The highest BCUT2D eigenvalue weighted by atomic mass is 19.3. The van der Waals surface area contributed by atoms with E-state index in [-0.39, 0.29) is 42.2 Å². The molecule has 0 bridgehead atoms. The van der Waals surface area contributed by atoms with E-state index in [4.69, 9.17) is 4.74 Å². The average molecular weight is 416 g/mol. The summed E-state index contributed by atoms with van der Waals surface area (Å²) in [5.74, 6) is -2.34. The first-order valence-electron chi connectivity index (χ1n) is 10.2. The maximum absolute atomic E-state index is 14.7. The molecule has 2 aromatic rings. The zero-order valence-electron chi connectivity index (χ0n) is 17.2. The number of anilines is 1. The summed E-state index contributed by atoms with van der Waals surface area (Å²) in [6.07, 6.45) is 3.54. The molecule has 0 saturated carbocycles. The summed E-state index contributed by atoms with van der Waals surface area (Å²) in [7, 11) is 1.40. The molecule has 160 valence electrons. The van der Waals surface area contributed by atoms with E-state index in [9.17, 15) is 13.6 Å². The highest BCUT2D eigenvalue weighted by Gasteiger charge is 2.44. The van der Waals surface area contributed by atoms with Gasteiger partial charge in [-0.2, -0.15) is 0 Å². The summed E-state index contributed by atoms with van der Waals surface area (Å²) < 4.78 is 34.4. The number of piperazine rings is 1. The zero-order valence-corrected chi connectivity index (χ0v) is 17.2. The van der Waals surface area contributed by atoms with Crippen molar-refractivity contribution in [1.29, 1.82) is 0 Å². The van der Waals surface area contributed by atoms with E-state index in [2.05, 4.69) is 14.9 Å². The van der Waals surface area contributed by atoms with Crippen LogP contribution in [0, 0.1) is 12.8 Å². The Bertz CT molecular complexity index is 906. The third-order valence-corrected chi connectivity index (χ3v) is 6.06. The lowest BCUT2D eigenvalue weighted by atomic mass is 9.94. The van der Waals surface area contributed by atoms with Crippen molar-refractivity contribution in [2.75, 3.05) is 31.6 Å². The molecule has 0 unspecified atom stereocenters. The maximum atomic E-state index is 14.7. The summed E-state index contributed by atoms with van der Waals surface area (Å²) in [6.45, 7) is 3.99. The SMILES string of the molecule is COc1cc(C(F)(F)CC[C@H]2C[C@H]3CN(c4ccc(C)cn4)CCN3C2=O)ccn1. The molecule has 2 fully saturated rings. The van der Waals surface area contributed by atoms with Crippen molar-refractivity contribution >= 4 is 11.7 Å². The normalized spacial score (nSPS) is 21.7. The highest BCUT2D eigenvalue weighted by Crippen LogP contribution is 2.38. The van der Waals surface area contributed by atoms with Crippen LogP contribution in [0.15, 0.2) is 36.7 Å². The van der Waals surface area contributed by atoms with Gasteiger partial charge in [0.15, 0.2) is 0 Å². The molecule has 2 aliphatic rings. The molecular weight excluding hydrogens is 390 g/mol. The second kappa shape index (κ2) is 8.16. The molecule has 2 atom stereocenters. The molecule has 8 heteroatoms. The molecule has 4 heterocycles. The molecule has 6 nitrogen and oxygen atoms in total. The number of rotatable bonds is 6. The van der Waals surface area contributed by atoms with Crippen molar-refractivity contribution < 1.29 is 18.3 Å². The van der Waals surface area contributed by atoms with Gasteiger partial charge in [0.25, 0.3) is 5.92 Å². The van der Waals surface area contributed by atoms with Crippen molar-refractivity contribution in [3.8, 4) is 5.88 Å². The molecule has 2 aromatic heterocycles. The smallest absolute Gasteiger partial charge is 0.273 e. The van der Waals surface area contributed by atoms with Gasteiger partial charge >= 0.3 is 0 Å². The number of alkyl halides is 2. The van der Waals surface area contributed by atoms with Gasteiger partial charge in [0.1, 0.15) is 5.82 Å². The molecule has 2 aliphatic heterocycles. The second-order valence-corrected chi connectivity index (χ2v) is 8.09. The molecule has 4 rings (SSSR count). The molecule has 2 saturated heterocycles. The Kier molecular flexibility index (Phi) is 5.58. The first-order valence-corrected chi connectivity index (χ1v) is 10.2. The summed E-state index contributed by atoms with van der Waals surface area (Å²) in [6, 6.07) is 6.62. The number of pyridine rings is 2. The molecule has 0 N–H and O–H groups in total. The zero-order chi connectivity index (χ0) is 21.3. The van der Waals surface area contributed by atoms with Crippen LogP contribution in [0.4, 0.5) is 14.6 Å². The summed E-state index contributed by atoms with van der Waals surface area (Å²) >= 11 is 0. The van der Waals surface area contributed by atoms with Crippen LogP contribution in [0.2, 0.25) is 0 Å². The van der Waals surface area contributed by atoms with E-state index in [1.54, 1.807) is 0 Å². The Balaban J connectivity index is 1.38. The highest BCUT2D eigenvalue weighted by molar-refractivity contribution is 5.82. The maximum Gasteiger partial charge on any atom is 0.273 e. The van der Waals surface area contributed by atoms with Crippen molar-refractivity contribution in [2.24, 2.45) is 5.92 Å². The van der Waals surface area contributed by atoms with Gasteiger partial charge in [-0.25, -0.2) is 18.7 Å². The van der Waals surface area contributed by atoms with Crippen molar-refractivity contribution in [3.05, 3.63) is 47.8 Å². The van der Waals surface area contributed by atoms with Gasteiger partial charge in [0.05, 0.1) is 13.2 Å². The van der Waals surface area contributed by atoms with Crippen LogP contribution >= 0.6 is 0 Å². The third kappa shape index (κ3) is 4.08. The van der Waals surface area contributed by atoms with Crippen LogP contribution in [-0.4, -0.2) is 53.6 Å². The molecule has 30 heavy (non-hydrogen) atoms. The number of nitrogens with zero attached hydrogens (tertiary/aromatic N) is 4. The quantitative estimate of drug-likeness (QED) is 0.722. The number of aryl methyl sites for hydroxylation is 1. The Labute approximate surface area is 174 Å². The lowest BCUT2D eigenvalue weighted by Gasteiger charge is -2.38. The van der Waals surface area contributed by atoms with Crippen LogP contribution in [0.5, 0.6) is 5.88 Å². The van der Waals surface area contributed by atoms with Crippen LogP contribution in [0.1, 0.15) is 30.4 Å². The largest absolute Gasteiger partial charge is 0.481 e. The van der Waals surface area contributed by atoms with E-state index < -0.39 is 5.92 Å².